The highest BCUT2D eigenvalue weighted by atomic mass is 16.2. The minimum absolute atomic E-state index is 0.133. The normalized spacial score (nSPS) is 16.6. The Morgan fingerprint density at radius 2 is 1.91 bits per heavy atom. The van der Waals surface area contributed by atoms with E-state index in [1.165, 1.54) is 32.1 Å². The van der Waals surface area contributed by atoms with Gasteiger partial charge in [-0.2, -0.15) is 0 Å². The molecule has 1 saturated heterocycles. The van der Waals surface area contributed by atoms with Gasteiger partial charge < -0.3 is 10.6 Å². The Kier molecular flexibility index (Phi) is 7.16. The van der Waals surface area contributed by atoms with E-state index in [0.29, 0.717) is 13.1 Å². The first-order valence-corrected chi connectivity index (χ1v) is 8.39. The largest absolute Gasteiger partial charge is 0.383 e. The number of nitrogens with zero attached hydrogens (tertiary/aromatic N) is 2. The average Bonchev–Trinajstić information content (AvgIpc) is 2.48. The van der Waals surface area contributed by atoms with Crippen molar-refractivity contribution >= 4 is 11.6 Å². The first kappa shape index (κ1) is 16.7. The van der Waals surface area contributed by atoms with E-state index in [1.807, 2.05) is 19.2 Å². The molecular weight excluding hydrogens is 276 g/mol. The Hall–Kier alpha value is -1.62. The van der Waals surface area contributed by atoms with Crippen LogP contribution in [0.2, 0.25) is 0 Å². The van der Waals surface area contributed by atoms with Crippen molar-refractivity contribution < 1.29 is 4.79 Å². The van der Waals surface area contributed by atoms with Gasteiger partial charge in [0.05, 0.1) is 6.54 Å². The number of nitrogens with one attached hydrogen (secondary N) is 2. The summed E-state index contributed by atoms with van der Waals surface area (Å²) in [6.07, 6.45) is 9.99. The fraction of sp³-hybridized carbons (Fsp3) is 0.647. The van der Waals surface area contributed by atoms with E-state index >= 15 is 0 Å². The van der Waals surface area contributed by atoms with Gasteiger partial charge >= 0.3 is 0 Å². The van der Waals surface area contributed by atoms with Crippen LogP contribution < -0.4 is 10.6 Å². The van der Waals surface area contributed by atoms with Gasteiger partial charge in [0.25, 0.3) is 0 Å². The predicted molar refractivity (Wildman–Crippen MR) is 90.0 cm³/mol. The van der Waals surface area contributed by atoms with Gasteiger partial charge in [0.2, 0.25) is 5.91 Å². The van der Waals surface area contributed by atoms with Crippen LogP contribution in [-0.4, -0.2) is 48.5 Å². The van der Waals surface area contributed by atoms with Crippen molar-refractivity contribution in [2.24, 2.45) is 0 Å². The molecule has 0 spiro atoms. The minimum Gasteiger partial charge on any atom is -0.383 e. The van der Waals surface area contributed by atoms with Crippen molar-refractivity contribution in [2.75, 3.05) is 38.0 Å². The van der Waals surface area contributed by atoms with E-state index < -0.39 is 0 Å². The number of pyridine rings is 1. The Morgan fingerprint density at radius 1 is 1.18 bits per heavy atom. The van der Waals surface area contributed by atoms with Crippen molar-refractivity contribution in [3.63, 3.8) is 0 Å². The molecule has 2 heterocycles. The molecule has 1 aromatic heterocycles. The fourth-order valence-electron chi connectivity index (χ4n) is 2.80. The lowest BCUT2D eigenvalue weighted by Crippen LogP contribution is -2.40. The highest BCUT2D eigenvalue weighted by Gasteiger charge is 2.11. The molecule has 1 aliphatic rings. The molecule has 0 saturated carbocycles. The van der Waals surface area contributed by atoms with Crippen LogP contribution in [-0.2, 0) is 4.79 Å². The molecular formula is C17H28N4O. The van der Waals surface area contributed by atoms with Gasteiger partial charge in [0, 0.05) is 31.2 Å². The molecule has 5 heteroatoms. The maximum atomic E-state index is 12.0. The number of rotatable bonds is 6. The highest BCUT2D eigenvalue weighted by Crippen LogP contribution is 2.11. The number of anilines is 1. The average molecular weight is 304 g/mol. The summed E-state index contributed by atoms with van der Waals surface area (Å²) < 4.78 is 0. The predicted octanol–water partition coefficient (Wildman–Crippen LogP) is 2.18. The number of carbonyl (C=O) groups is 1. The first-order chi connectivity index (χ1) is 10.8. The Labute approximate surface area is 133 Å². The summed E-state index contributed by atoms with van der Waals surface area (Å²) in [5, 5.41) is 6.32. The molecule has 2 rings (SSSR count). The zero-order chi connectivity index (χ0) is 15.6. The van der Waals surface area contributed by atoms with E-state index in [9.17, 15) is 4.79 Å². The van der Waals surface area contributed by atoms with Crippen molar-refractivity contribution in [1.29, 1.82) is 0 Å². The first-order valence-electron chi connectivity index (χ1n) is 8.39. The summed E-state index contributed by atoms with van der Waals surface area (Å²) in [5.41, 5.74) is 2.20. The van der Waals surface area contributed by atoms with E-state index in [4.69, 9.17) is 0 Å². The number of carbonyl (C=O) groups excluding carboxylic acids is 1. The van der Waals surface area contributed by atoms with E-state index in [0.717, 1.165) is 30.9 Å². The van der Waals surface area contributed by atoms with Crippen LogP contribution in [0.3, 0.4) is 0 Å². The third-order valence-corrected chi connectivity index (χ3v) is 4.10. The van der Waals surface area contributed by atoms with Crippen LogP contribution in [0.4, 0.5) is 5.69 Å². The van der Waals surface area contributed by atoms with Crippen molar-refractivity contribution in [3.8, 4) is 0 Å². The Bertz CT molecular complexity index is 456. The van der Waals surface area contributed by atoms with Gasteiger partial charge in [0.1, 0.15) is 0 Å². The van der Waals surface area contributed by atoms with Crippen molar-refractivity contribution in [3.05, 3.63) is 24.0 Å². The topological polar surface area (TPSA) is 57.3 Å². The van der Waals surface area contributed by atoms with E-state index in [1.54, 1.807) is 6.20 Å². The molecule has 5 nitrogen and oxygen atoms in total. The molecule has 0 bridgehead atoms. The number of hydrogen-bond acceptors (Lipinski definition) is 4. The van der Waals surface area contributed by atoms with Crippen LogP contribution in [0.15, 0.2) is 18.5 Å². The maximum absolute atomic E-state index is 12.0. The Balaban J connectivity index is 1.62. The second-order valence-electron chi connectivity index (χ2n) is 6.01. The summed E-state index contributed by atoms with van der Waals surface area (Å²) in [4.78, 5) is 18.3. The maximum Gasteiger partial charge on any atom is 0.234 e. The van der Waals surface area contributed by atoms with E-state index in [-0.39, 0.29) is 5.91 Å². The molecule has 0 aromatic carbocycles. The highest BCUT2D eigenvalue weighted by molar-refractivity contribution is 5.78. The van der Waals surface area contributed by atoms with Crippen LogP contribution in [0.5, 0.6) is 0 Å². The monoisotopic (exact) mass is 304 g/mol. The molecule has 1 aliphatic heterocycles. The molecule has 0 radical (unpaired) electrons. The molecule has 1 amide bonds. The van der Waals surface area contributed by atoms with Gasteiger partial charge in [0.15, 0.2) is 0 Å². The molecule has 0 atom stereocenters. The molecule has 0 unspecified atom stereocenters. The number of amides is 1. The SMILES string of the molecule is Cc1cnccc1NCCNC(=O)CN1CCCCCCC1. The lowest BCUT2D eigenvalue weighted by Gasteiger charge is -2.23. The summed E-state index contributed by atoms with van der Waals surface area (Å²) in [6.45, 7) is 6.05. The second-order valence-corrected chi connectivity index (χ2v) is 6.01. The fourth-order valence-corrected chi connectivity index (χ4v) is 2.80. The Morgan fingerprint density at radius 3 is 2.64 bits per heavy atom. The molecule has 0 aliphatic carbocycles. The smallest absolute Gasteiger partial charge is 0.234 e. The zero-order valence-corrected chi connectivity index (χ0v) is 13.6. The lowest BCUT2D eigenvalue weighted by atomic mass is 10.1. The van der Waals surface area contributed by atoms with E-state index in [2.05, 4.69) is 20.5 Å². The van der Waals surface area contributed by atoms with Gasteiger partial charge in [-0.25, -0.2) is 0 Å². The second kappa shape index (κ2) is 9.41. The third-order valence-electron chi connectivity index (χ3n) is 4.10. The zero-order valence-electron chi connectivity index (χ0n) is 13.6. The van der Waals surface area contributed by atoms with Crippen molar-refractivity contribution in [1.82, 2.24) is 15.2 Å². The molecule has 1 fully saturated rings. The van der Waals surface area contributed by atoms with Gasteiger partial charge in [-0.05, 0) is 44.5 Å². The molecule has 122 valence electrons. The summed E-state index contributed by atoms with van der Waals surface area (Å²) >= 11 is 0. The molecule has 1 aromatic rings. The molecule has 22 heavy (non-hydrogen) atoms. The quantitative estimate of drug-likeness (QED) is 0.791. The third kappa shape index (κ3) is 6.02. The van der Waals surface area contributed by atoms with Crippen molar-refractivity contribution in [2.45, 2.75) is 39.0 Å². The number of likely N-dealkylation sites (tertiary alicyclic amines) is 1. The van der Waals surface area contributed by atoms with Gasteiger partial charge in [-0.3, -0.25) is 14.7 Å². The van der Waals surface area contributed by atoms with Crippen LogP contribution in [0.1, 0.15) is 37.7 Å². The standard InChI is InChI=1S/C17H28N4O/c1-15-13-18-8-7-16(15)19-9-10-20-17(22)14-21-11-5-3-2-4-6-12-21/h7-8,13H,2-6,9-12,14H2,1H3,(H,18,19)(H,20,22). The van der Waals surface area contributed by atoms with Crippen LogP contribution in [0.25, 0.3) is 0 Å². The number of hydrogen-bond donors (Lipinski definition) is 2. The number of aromatic nitrogens is 1. The minimum atomic E-state index is 0.133. The summed E-state index contributed by atoms with van der Waals surface area (Å²) in [6, 6.07) is 1.96. The number of aryl methyl sites for hydroxylation is 1. The van der Waals surface area contributed by atoms with Crippen LogP contribution >= 0.6 is 0 Å². The molecule has 2 N–H and O–H groups in total. The van der Waals surface area contributed by atoms with Crippen LogP contribution in [0, 0.1) is 6.92 Å². The summed E-state index contributed by atoms with van der Waals surface area (Å²) in [5.74, 6) is 0.133. The lowest BCUT2D eigenvalue weighted by molar-refractivity contribution is -0.122. The van der Waals surface area contributed by atoms with Gasteiger partial charge in [-0.1, -0.05) is 19.3 Å². The van der Waals surface area contributed by atoms with Gasteiger partial charge in [-0.15, -0.1) is 0 Å². The summed E-state index contributed by atoms with van der Waals surface area (Å²) in [7, 11) is 0.